The van der Waals surface area contributed by atoms with Gasteiger partial charge in [-0.1, -0.05) is 13.0 Å². The molecule has 72 valence electrons. The summed E-state index contributed by atoms with van der Waals surface area (Å²) in [7, 11) is 1.66. The van der Waals surface area contributed by atoms with E-state index in [1.54, 1.807) is 7.11 Å². The highest BCUT2D eigenvalue weighted by Crippen LogP contribution is 2.21. The lowest BCUT2D eigenvalue weighted by atomic mass is 10.1. The molecule has 13 heavy (non-hydrogen) atoms. The van der Waals surface area contributed by atoms with Crippen molar-refractivity contribution in [2.75, 3.05) is 19.2 Å². The van der Waals surface area contributed by atoms with Crippen LogP contribution in [0.1, 0.15) is 12.5 Å². The number of methoxy groups -OCH3 is 1. The first kappa shape index (κ1) is 10.4. The maximum Gasteiger partial charge on any atom is 0.116 e. The van der Waals surface area contributed by atoms with Crippen LogP contribution in [-0.2, 0) is 11.2 Å². The number of hydrogen-bond donors (Lipinski definition) is 2. The fraction of sp³-hybridized carbons (Fsp3) is 0.400. The highest BCUT2D eigenvalue weighted by atomic mass is 32.1. The molecule has 0 atom stereocenters. The van der Waals surface area contributed by atoms with Crippen LogP contribution < -0.4 is 5.32 Å². The van der Waals surface area contributed by atoms with Gasteiger partial charge in [0.15, 0.2) is 0 Å². The van der Waals surface area contributed by atoms with Gasteiger partial charge in [-0.25, -0.2) is 0 Å². The highest BCUT2D eigenvalue weighted by molar-refractivity contribution is 7.80. The van der Waals surface area contributed by atoms with Crippen molar-refractivity contribution >= 4 is 18.3 Å². The average molecular weight is 197 g/mol. The summed E-state index contributed by atoms with van der Waals surface area (Å²) in [6.07, 6.45) is 1.04. The normalized spacial score (nSPS) is 10.1. The molecule has 0 aliphatic carbocycles. The SMILES string of the molecule is CCc1ccc(S)c(NCOC)c1. The van der Waals surface area contributed by atoms with Gasteiger partial charge in [-0.15, -0.1) is 12.6 Å². The fourth-order valence-electron chi connectivity index (χ4n) is 1.09. The van der Waals surface area contributed by atoms with Gasteiger partial charge >= 0.3 is 0 Å². The smallest absolute Gasteiger partial charge is 0.116 e. The Morgan fingerprint density at radius 2 is 2.23 bits per heavy atom. The van der Waals surface area contributed by atoms with Crippen molar-refractivity contribution in [1.29, 1.82) is 0 Å². The maximum absolute atomic E-state index is 4.93. The van der Waals surface area contributed by atoms with Gasteiger partial charge < -0.3 is 10.1 Å². The third-order valence-electron chi connectivity index (χ3n) is 1.88. The third-order valence-corrected chi connectivity index (χ3v) is 2.27. The molecule has 0 aliphatic rings. The number of rotatable bonds is 4. The molecule has 0 amide bonds. The van der Waals surface area contributed by atoms with Gasteiger partial charge in [0.2, 0.25) is 0 Å². The lowest BCUT2D eigenvalue weighted by Gasteiger charge is -2.09. The van der Waals surface area contributed by atoms with Crippen molar-refractivity contribution in [1.82, 2.24) is 0 Å². The van der Waals surface area contributed by atoms with Gasteiger partial charge in [0, 0.05) is 17.7 Å². The first-order chi connectivity index (χ1) is 6.27. The second kappa shape index (κ2) is 5.14. The van der Waals surface area contributed by atoms with Crippen molar-refractivity contribution in [3.8, 4) is 0 Å². The van der Waals surface area contributed by atoms with Crippen LogP contribution in [0.2, 0.25) is 0 Å². The lowest BCUT2D eigenvalue weighted by Crippen LogP contribution is -2.03. The number of hydrogen-bond acceptors (Lipinski definition) is 3. The number of ether oxygens (including phenoxy) is 1. The predicted octanol–water partition coefficient (Wildman–Crippen LogP) is 2.55. The van der Waals surface area contributed by atoms with Crippen LogP contribution in [0.3, 0.4) is 0 Å². The first-order valence-electron chi connectivity index (χ1n) is 4.32. The second-order valence-electron chi connectivity index (χ2n) is 2.81. The summed E-state index contributed by atoms with van der Waals surface area (Å²) < 4.78 is 4.93. The van der Waals surface area contributed by atoms with Crippen LogP contribution in [0.25, 0.3) is 0 Å². The molecule has 0 spiro atoms. The summed E-state index contributed by atoms with van der Waals surface area (Å²) >= 11 is 4.34. The summed E-state index contributed by atoms with van der Waals surface area (Å²) in [6.45, 7) is 2.65. The van der Waals surface area contributed by atoms with Gasteiger partial charge in [-0.2, -0.15) is 0 Å². The molecular formula is C10H15NOS. The number of nitrogens with one attached hydrogen (secondary N) is 1. The largest absolute Gasteiger partial charge is 0.365 e. The van der Waals surface area contributed by atoms with Crippen LogP contribution in [0.4, 0.5) is 5.69 Å². The summed E-state index contributed by atoms with van der Waals surface area (Å²) in [4.78, 5) is 0.953. The molecule has 2 nitrogen and oxygen atoms in total. The Labute approximate surface area is 84.7 Å². The Hall–Kier alpha value is -0.670. The van der Waals surface area contributed by atoms with Crippen molar-refractivity contribution < 1.29 is 4.74 Å². The molecule has 0 unspecified atom stereocenters. The van der Waals surface area contributed by atoms with E-state index in [1.807, 2.05) is 6.07 Å². The average Bonchev–Trinajstić information content (AvgIpc) is 2.17. The summed E-state index contributed by atoms with van der Waals surface area (Å²) in [5.41, 5.74) is 2.33. The second-order valence-corrected chi connectivity index (χ2v) is 3.30. The summed E-state index contributed by atoms with van der Waals surface area (Å²) in [5, 5.41) is 3.14. The third kappa shape index (κ3) is 2.94. The topological polar surface area (TPSA) is 21.3 Å². The molecular weight excluding hydrogens is 182 g/mol. The molecule has 0 aliphatic heterocycles. The van der Waals surface area contributed by atoms with Crippen LogP contribution in [0.5, 0.6) is 0 Å². The van der Waals surface area contributed by atoms with E-state index in [0.29, 0.717) is 6.73 Å². The van der Waals surface area contributed by atoms with Gasteiger partial charge in [0.05, 0.1) is 0 Å². The Morgan fingerprint density at radius 3 is 2.85 bits per heavy atom. The van der Waals surface area contributed by atoms with E-state index in [-0.39, 0.29) is 0 Å². The Balaban J connectivity index is 2.78. The van der Waals surface area contributed by atoms with Crippen LogP contribution >= 0.6 is 12.6 Å². The van der Waals surface area contributed by atoms with Crippen LogP contribution in [-0.4, -0.2) is 13.8 Å². The van der Waals surface area contributed by atoms with E-state index < -0.39 is 0 Å². The van der Waals surface area contributed by atoms with Gasteiger partial charge in [0.1, 0.15) is 6.73 Å². The molecule has 1 N–H and O–H groups in total. The Bertz CT molecular complexity index is 276. The lowest BCUT2D eigenvalue weighted by molar-refractivity contribution is 0.221. The minimum Gasteiger partial charge on any atom is -0.365 e. The fourth-order valence-corrected chi connectivity index (χ4v) is 1.31. The van der Waals surface area contributed by atoms with Crippen LogP contribution in [0.15, 0.2) is 23.1 Å². The molecule has 0 saturated carbocycles. The van der Waals surface area contributed by atoms with Crippen molar-refractivity contribution in [3.63, 3.8) is 0 Å². The van der Waals surface area contributed by atoms with E-state index >= 15 is 0 Å². The standard InChI is InChI=1S/C10H15NOS/c1-3-8-4-5-10(13)9(6-8)11-7-12-2/h4-6,11,13H,3,7H2,1-2H3. The quantitative estimate of drug-likeness (QED) is 0.572. The molecule has 0 radical (unpaired) electrons. The van der Waals surface area contributed by atoms with Crippen molar-refractivity contribution in [2.24, 2.45) is 0 Å². The first-order valence-corrected chi connectivity index (χ1v) is 4.77. The molecule has 0 fully saturated rings. The van der Waals surface area contributed by atoms with E-state index in [9.17, 15) is 0 Å². The molecule has 0 aromatic heterocycles. The zero-order valence-electron chi connectivity index (χ0n) is 8.00. The highest BCUT2D eigenvalue weighted by Gasteiger charge is 1.98. The zero-order chi connectivity index (χ0) is 9.68. The monoisotopic (exact) mass is 197 g/mol. The van der Waals surface area contributed by atoms with Gasteiger partial charge in [-0.3, -0.25) is 0 Å². The predicted molar refractivity (Wildman–Crippen MR) is 58.6 cm³/mol. The molecule has 3 heteroatoms. The van der Waals surface area contributed by atoms with E-state index in [0.717, 1.165) is 17.0 Å². The minimum absolute atomic E-state index is 0.515. The molecule has 1 aromatic rings. The van der Waals surface area contributed by atoms with E-state index in [1.165, 1.54) is 5.56 Å². The Morgan fingerprint density at radius 1 is 1.46 bits per heavy atom. The summed E-state index contributed by atoms with van der Waals surface area (Å²) in [6, 6.07) is 6.18. The van der Waals surface area contributed by atoms with E-state index in [2.05, 4.69) is 37.0 Å². The Kier molecular flexibility index (Phi) is 4.12. The molecule has 0 heterocycles. The minimum atomic E-state index is 0.515. The van der Waals surface area contributed by atoms with Gasteiger partial charge in [0.25, 0.3) is 0 Å². The van der Waals surface area contributed by atoms with Crippen molar-refractivity contribution in [2.45, 2.75) is 18.2 Å². The van der Waals surface area contributed by atoms with Crippen LogP contribution in [0, 0.1) is 0 Å². The maximum atomic E-state index is 4.93. The molecule has 0 bridgehead atoms. The number of anilines is 1. The molecule has 1 rings (SSSR count). The zero-order valence-corrected chi connectivity index (χ0v) is 8.90. The van der Waals surface area contributed by atoms with Gasteiger partial charge in [-0.05, 0) is 24.1 Å². The number of aryl methyl sites for hydroxylation is 1. The summed E-state index contributed by atoms with van der Waals surface area (Å²) in [5.74, 6) is 0. The molecule has 0 saturated heterocycles. The number of thiol groups is 1. The van der Waals surface area contributed by atoms with E-state index in [4.69, 9.17) is 4.74 Å². The van der Waals surface area contributed by atoms with Crippen molar-refractivity contribution in [3.05, 3.63) is 23.8 Å². The number of benzene rings is 1. The molecule has 1 aromatic carbocycles.